The first-order chi connectivity index (χ1) is 17.7. The van der Waals surface area contributed by atoms with Gasteiger partial charge in [-0.25, -0.2) is 0 Å². The molecule has 2 aromatic rings. The second kappa shape index (κ2) is 11.3. The zero-order valence-corrected chi connectivity index (χ0v) is 21.3. The maximum absolute atomic E-state index is 6.99. The number of rotatable bonds is 10. The van der Waals surface area contributed by atoms with Crippen molar-refractivity contribution in [1.29, 1.82) is 0 Å². The van der Waals surface area contributed by atoms with E-state index in [9.17, 15) is 0 Å². The average Bonchev–Trinajstić information content (AvgIpc) is 3.24. The van der Waals surface area contributed by atoms with E-state index >= 15 is 0 Å². The summed E-state index contributed by atoms with van der Waals surface area (Å²) in [5.74, 6) is 9.81. The fraction of sp³-hybridized carbons (Fsp3) is 0.400. The molecule has 1 fully saturated rings. The van der Waals surface area contributed by atoms with Gasteiger partial charge < -0.3 is 10.1 Å². The second-order valence-corrected chi connectivity index (χ2v) is 10.1. The summed E-state index contributed by atoms with van der Waals surface area (Å²) in [6.07, 6.45) is 12.9. The van der Waals surface area contributed by atoms with Crippen molar-refractivity contribution in [2.75, 3.05) is 13.1 Å². The molecule has 6 heteroatoms. The maximum Gasteiger partial charge on any atom is 0.265 e. The van der Waals surface area contributed by atoms with Crippen molar-refractivity contribution in [2.24, 2.45) is 27.7 Å². The first-order valence-electron chi connectivity index (χ1n) is 13.4. The number of allylic oxidation sites excluding steroid dienone is 2. The summed E-state index contributed by atoms with van der Waals surface area (Å²) in [4.78, 5) is 9.62. The number of hydrogen-bond acceptors (Lipinski definition) is 5. The number of fused-ring (bicyclic) bond motifs is 1. The van der Waals surface area contributed by atoms with E-state index in [1.807, 2.05) is 48.8 Å². The standard InChI is InChI=1S/C30H38N5O/c1-2-3-16-32-20-23-12-14-25(15-13-23)29-28-21-33-17-18-35(28,31)30(34-29)26-10-7-11-27(19-26)36-22-24-8-5-4-6-9-24/h4-11,17-19,21,23,25,32H,2-3,12-16,20,22,31H2,1H3/q+1. The van der Waals surface area contributed by atoms with Gasteiger partial charge in [0.1, 0.15) is 24.3 Å². The lowest BCUT2D eigenvalue weighted by molar-refractivity contribution is -0.750. The molecule has 0 aromatic heterocycles. The van der Waals surface area contributed by atoms with Gasteiger partial charge in [0, 0.05) is 5.92 Å². The number of hydrogen-bond donors (Lipinski definition) is 2. The Morgan fingerprint density at radius 3 is 2.69 bits per heavy atom. The van der Waals surface area contributed by atoms with E-state index in [1.165, 1.54) is 25.7 Å². The minimum atomic E-state index is 0.0689. The summed E-state index contributed by atoms with van der Waals surface area (Å²) in [5.41, 5.74) is 4.21. The van der Waals surface area contributed by atoms with E-state index in [-0.39, 0.29) is 4.59 Å². The lowest BCUT2D eigenvalue weighted by Gasteiger charge is -2.29. The molecule has 188 valence electrons. The van der Waals surface area contributed by atoms with Gasteiger partial charge in [0.25, 0.3) is 5.84 Å². The summed E-state index contributed by atoms with van der Waals surface area (Å²) >= 11 is 0. The van der Waals surface area contributed by atoms with Crippen molar-refractivity contribution in [3.05, 3.63) is 89.5 Å². The van der Waals surface area contributed by atoms with Crippen molar-refractivity contribution >= 4 is 12.1 Å². The predicted molar refractivity (Wildman–Crippen MR) is 146 cm³/mol. The van der Waals surface area contributed by atoms with Crippen LogP contribution < -0.4 is 15.9 Å². The molecule has 1 saturated carbocycles. The Morgan fingerprint density at radius 2 is 1.89 bits per heavy atom. The smallest absolute Gasteiger partial charge is 0.265 e. The summed E-state index contributed by atoms with van der Waals surface area (Å²) in [6.45, 7) is 5.02. The third-order valence-corrected chi connectivity index (χ3v) is 7.54. The minimum absolute atomic E-state index is 0.0689. The van der Waals surface area contributed by atoms with Crippen LogP contribution in [0.1, 0.15) is 56.6 Å². The lowest BCUT2D eigenvalue weighted by atomic mass is 9.80. The fourth-order valence-electron chi connectivity index (χ4n) is 5.42. The molecule has 0 bridgehead atoms. The third kappa shape index (κ3) is 5.36. The van der Waals surface area contributed by atoms with Gasteiger partial charge in [0.15, 0.2) is 0 Å². The Balaban J connectivity index is 1.31. The molecular weight excluding hydrogens is 446 g/mol. The minimum Gasteiger partial charge on any atom is -0.489 e. The number of nitrogens with one attached hydrogen (secondary N) is 1. The van der Waals surface area contributed by atoms with Crippen molar-refractivity contribution in [3.63, 3.8) is 0 Å². The topological polar surface area (TPSA) is 72.0 Å². The molecule has 6 nitrogen and oxygen atoms in total. The molecule has 5 rings (SSSR count). The van der Waals surface area contributed by atoms with Crippen LogP contribution in [0.5, 0.6) is 5.75 Å². The van der Waals surface area contributed by atoms with E-state index in [4.69, 9.17) is 15.6 Å². The molecule has 3 N–H and O–H groups in total. The highest BCUT2D eigenvalue weighted by atomic mass is 16.5. The van der Waals surface area contributed by atoms with Gasteiger partial charge in [-0.3, -0.25) is 4.99 Å². The third-order valence-electron chi connectivity index (χ3n) is 7.54. The summed E-state index contributed by atoms with van der Waals surface area (Å²) in [6, 6.07) is 18.3. The summed E-state index contributed by atoms with van der Waals surface area (Å²) in [5, 5.41) is 3.64. The molecule has 2 aliphatic heterocycles. The number of aliphatic imine (C=N–C) groups is 2. The molecule has 0 spiro atoms. The van der Waals surface area contributed by atoms with Crippen LogP contribution >= 0.6 is 0 Å². The van der Waals surface area contributed by atoms with Crippen LogP contribution in [0.15, 0.2) is 88.4 Å². The van der Waals surface area contributed by atoms with Gasteiger partial charge in [0.2, 0.25) is 5.70 Å². The predicted octanol–water partition coefficient (Wildman–Crippen LogP) is 5.68. The van der Waals surface area contributed by atoms with E-state index in [0.29, 0.717) is 12.5 Å². The molecule has 36 heavy (non-hydrogen) atoms. The Hall–Kier alpha value is -3.06. The van der Waals surface area contributed by atoms with E-state index in [1.54, 1.807) is 6.20 Å². The van der Waals surface area contributed by atoms with Gasteiger partial charge in [-0.2, -0.15) is 10.8 Å². The number of unbranched alkanes of at least 4 members (excludes halogenated alkanes) is 1. The van der Waals surface area contributed by atoms with Gasteiger partial charge in [-0.1, -0.05) is 49.7 Å². The van der Waals surface area contributed by atoms with Crippen LogP contribution in [0.4, 0.5) is 0 Å². The first-order valence-corrected chi connectivity index (χ1v) is 13.4. The van der Waals surface area contributed by atoms with Crippen LogP contribution in [-0.4, -0.2) is 29.7 Å². The van der Waals surface area contributed by atoms with Crippen LogP contribution in [0.2, 0.25) is 0 Å². The van der Waals surface area contributed by atoms with Crippen LogP contribution in [0.3, 0.4) is 0 Å². The second-order valence-electron chi connectivity index (χ2n) is 10.1. The molecule has 0 radical (unpaired) electrons. The number of nitrogens with two attached hydrogens (primary N) is 1. The van der Waals surface area contributed by atoms with E-state index in [2.05, 4.69) is 35.4 Å². The Morgan fingerprint density at radius 1 is 1.06 bits per heavy atom. The molecule has 1 aliphatic carbocycles. The molecule has 0 saturated heterocycles. The van der Waals surface area contributed by atoms with Crippen molar-refractivity contribution < 1.29 is 9.33 Å². The number of amidine groups is 1. The molecule has 1 unspecified atom stereocenters. The first kappa shape index (κ1) is 24.6. The van der Waals surface area contributed by atoms with Crippen molar-refractivity contribution in [2.45, 2.75) is 52.1 Å². The zero-order chi connectivity index (χ0) is 24.8. The monoisotopic (exact) mass is 484 g/mol. The quantitative estimate of drug-likeness (QED) is 0.259. The number of nitrogens with zero attached hydrogens (tertiary/aromatic N) is 3. The molecule has 1 atom stereocenters. The highest BCUT2D eigenvalue weighted by Gasteiger charge is 2.46. The van der Waals surface area contributed by atoms with Crippen LogP contribution in [0, 0.1) is 11.8 Å². The average molecular weight is 485 g/mol. The zero-order valence-electron chi connectivity index (χ0n) is 21.3. The summed E-state index contributed by atoms with van der Waals surface area (Å²) < 4.78 is 6.17. The molecule has 3 aliphatic rings. The van der Waals surface area contributed by atoms with Gasteiger partial charge >= 0.3 is 0 Å². The summed E-state index contributed by atoms with van der Waals surface area (Å²) in [7, 11) is 0. The fourth-order valence-corrected chi connectivity index (χ4v) is 5.42. The molecule has 2 heterocycles. The molecule has 2 aromatic carbocycles. The van der Waals surface area contributed by atoms with Gasteiger partial charge in [-0.05, 0) is 74.9 Å². The van der Waals surface area contributed by atoms with Crippen molar-refractivity contribution in [3.8, 4) is 5.75 Å². The largest absolute Gasteiger partial charge is 0.489 e. The van der Waals surface area contributed by atoms with Gasteiger partial charge in [0.05, 0.1) is 18.0 Å². The molecule has 0 amide bonds. The van der Waals surface area contributed by atoms with Crippen LogP contribution in [-0.2, 0) is 6.61 Å². The van der Waals surface area contributed by atoms with E-state index < -0.39 is 0 Å². The normalized spacial score (nSPS) is 25.1. The Bertz CT molecular complexity index is 1160. The van der Waals surface area contributed by atoms with Crippen molar-refractivity contribution in [1.82, 2.24) is 5.32 Å². The van der Waals surface area contributed by atoms with E-state index in [0.717, 1.165) is 66.0 Å². The maximum atomic E-state index is 6.99. The van der Waals surface area contributed by atoms with Crippen LogP contribution in [0.25, 0.3) is 0 Å². The highest BCUT2D eigenvalue weighted by Crippen LogP contribution is 2.41. The number of benzene rings is 2. The lowest BCUT2D eigenvalue weighted by Crippen LogP contribution is -2.53. The SMILES string of the molecule is CCCCNCC1CCC(C2=C3C=NC=C[N+]3(N)C(c3cccc(OCc4ccccc4)c3)=N2)CC1. The number of quaternary nitrogens is 1. The number of ether oxygens (including phenoxy) is 1. The Kier molecular flexibility index (Phi) is 7.75. The Labute approximate surface area is 214 Å². The highest BCUT2D eigenvalue weighted by molar-refractivity contribution is 6.00. The van der Waals surface area contributed by atoms with Gasteiger partial charge in [-0.15, -0.1) is 4.59 Å². The molecular formula is C30H38N5O+.